The molecule has 0 fully saturated rings. The standard InChI is InChI=1S/C19H17N3O4/c1-25-15-9-5-8-14(10-15)20-18(23)12-26-19(24)17-11-16(21-22-17)13-6-3-2-4-7-13/h2-11H,12H2,1H3,(H,20,23)(H,21,22). The maximum absolute atomic E-state index is 12.1. The quantitative estimate of drug-likeness (QED) is 0.666. The van der Waals surface area contributed by atoms with Crippen LogP contribution in [0, 0.1) is 0 Å². The molecule has 26 heavy (non-hydrogen) atoms. The normalized spacial score (nSPS) is 10.2. The molecule has 0 unspecified atom stereocenters. The molecule has 0 atom stereocenters. The lowest BCUT2D eigenvalue weighted by molar-refractivity contribution is -0.119. The fourth-order valence-electron chi connectivity index (χ4n) is 2.29. The van der Waals surface area contributed by atoms with Gasteiger partial charge in [-0.05, 0) is 18.2 Å². The molecule has 0 aliphatic rings. The van der Waals surface area contributed by atoms with Crippen LogP contribution in [0.1, 0.15) is 10.5 Å². The number of amides is 1. The number of anilines is 1. The summed E-state index contributed by atoms with van der Waals surface area (Å²) in [5.41, 5.74) is 2.23. The first kappa shape index (κ1) is 17.2. The molecule has 0 aliphatic heterocycles. The average molecular weight is 351 g/mol. The Kier molecular flexibility index (Phi) is 5.28. The predicted octanol–water partition coefficient (Wildman–Crippen LogP) is 2.88. The Bertz CT molecular complexity index is 906. The molecule has 3 aromatic rings. The first-order chi connectivity index (χ1) is 12.7. The van der Waals surface area contributed by atoms with Gasteiger partial charge in [0.05, 0.1) is 12.8 Å². The van der Waals surface area contributed by atoms with Crippen molar-refractivity contribution in [3.8, 4) is 17.0 Å². The second kappa shape index (κ2) is 7.98. The summed E-state index contributed by atoms with van der Waals surface area (Å²) in [7, 11) is 1.54. The molecule has 132 valence electrons. The van der Waals surface area contributed by atoms with E-state index < -0.39 is 18.5 Å². The molecular formula is C19H17N3O4. The van der Waals surface area contributed by atoms with Crippen LogP contribution in [-0.2, 0) is 9.53 Å². The number of rotatable bonds is 6. The third-order valence-corrected chi connectivity index (χ3v) is 3.56. The van der Waals surface area contributed by atoms with Gasteiger partial charge in [0.1, 0.15) is 11.4 Å². The van der Waals surface area contributed by atoms with Gasteiger partial charge in [-0.15, -0.1) is 0 Å². The van der Waals surface area contributed by atoms with E-state index in [1.165, 1.54) is 7.11 Å². The van der Waals surface area contributed by atoms with E-state index in [1.807, 2.05) is 30.3 Å². The number of aromatic amines is 1. The van der Waals surface area contributed by atoms with Crippen molar-refractivity contribution in [2.75, 3.05) is 19.0 Å². The van der Waals surface area contributed by atoms with Gasteiger partial charge < -0.3 is 14.8 Å². The zero-order valence-electron chi connectivity index (χ0n) is 14.1. The number of ether oxygens (including phenoxy) is 2. The number of hydrogen-bond acceptors (Lipinski definition) is 5. The monoisotopic (exact) mass is 351 g/mol. The minimum atomic E-state index is -0.652. The number of carbonyl (C=O) groups excluding carboxylic acids is 2. The van der Waals surface area contributed by atoms with Crippen LogP contribution in [0.15, 0.2) is 60.7 Å². The Balaban J connectivity index is 1.55. The SMILES string of the molecule is COc1cccc(NC(=O)COC(=O)c2cc(-c3ccccc3)n[nH]2)c1. The second-order valence-electron chi connectivity index (χ2n) is 5.39. The first-order valence-electron chi connectivity index (χ1n) is 7.87. The second-order valence-corrected chi connectivity index (χ2v) is 5.39. The van der Waals surface area contributed by atoms with Crippen LogP contribution >= 0.6 is 0 Å². The number of benzene rings is 2. The van der Waals surface area contributed by atoms with Crippen molar-refractivity contribution >= 4 is 17.6 Å². The van der Waals surface area contributed by atoms with Crippen LogP contribution in [0.4, 0.5) is 5.69 Å². The van der Waals surface area contributed by atoms with Gasteiger partial charge in [0.25, 0.3) is 5.91 Å². The molecule has 0 aliphatic carbocycles. The Morgan fingerprint density at radius 1 is 1.08 bits per heavy atom. The lowest BCUT2D eigenvalue weighted by atomic mass is 10.1. The third kappa shape index (κ3) is 4.27. The molecule has 0 bridgehead atoms. The Labute approximate surface area is 150 Å². The van der Waals surface area contributed by atoms with Gasteiger partial charge in [-0.2, -0.15) is 5.10 Å². The highest BCUT2D eigenvalue weighted by Gasteiger charge is 2.14. The zero-order chi connectivity index (χ0) is 18.4. The van der Waals surface area contributed by atoms with Crippen molar-refractivity contribution < 1.29 is 19.1 Å². The fraction of sp³-hybridized carbons (Fsp3) is 0.105. The van der Waals surface area contributed by atoms with Crippen LogP contribution in [0.2, 0.25) is 0 Å². The molecule has 7 heteroatoms. The number of H-pyrrole nitrogens is 1. The third-order valence-electron chi connectivity index (χ3n) is 3.56. The van der Waals surface area contributed by atoms with Crippen LogP contribution in [0.3, 0.4) is 0 Å². The van der Waals surface area contributed by atoms with Gasteiger partial charge in [0, 0.05) is 17.3 Å². The number of hydrogen-bond donors (Lipinski definition) is 2. The maximum atomic E-state index is 12.1. The van der Waals surface area contributed by atoms with Gasteiger partial charge in [0.15, 0.2) is 6.61 Å². The molecule has 2 aromatic carbocycles. The summed E-state index contributed by atoms with van der Waals surface area (Å²) in [4.78, 5) is 24.0. The van der Waals surface area contributed by atoms with Crippen LogP contribution in [-0.4, -0.2) is 35.8 Å². The van der Waals surface area contributed by atoms with Crippen molar-refractivity contribution in [1.29, 1.82) is 0 Å². The van der Waals surface area contributed by atoms with E-state index in [0.717, 1.165) is 5.56 Å². The van der Waals surface area contributed by atoms with E-state index >= 15 is 0 Å². The van der Waals surface area contributed by atoms with E-state index in [-0.39, 0.29) is 5.69 Å². The molecule has 0 saturated carbocycles. The highest BCUT2D eigenvalue weighted by atomic mass is 16.5. The van der Waals surface area contributed by atoms with Gasteiger partial charge in [0.2, 0.25) is 0 Å². The molecule has 7 nitrogen and oxygen atoms in total. The summed E-state index contributed by atoms with van der Waals surface area (Å²) >= 11 is 0. The Morgan fingerprint density at radius 3 is 2.65 bits per heavy atom. The van der Waals surface area contributed by atoms with Gasteiger partial charge in [-0.3, -0.25) is 9.89 Å². The number of carbonyl (C=O) groups is 2. The van der Waals surface area contributed by atoms with E-state index in [9.17, 15) is 9.59 Å². The summed E-state index contributed by atoms with van der Waals surface area (Å²) in [5.74, 6) is -0.486. The highest BCUT2D eigenvalue weighted by Crippen LogP contribution is 2.18. The molecule has 3 rings (SSSR count). The van der Waals surface area contributed by atoms with E-state index in [2.05, 4.69) is 15.5 Å². The number of nitrogens with one attached hydrogen (secondary N) is 2. The summed E-state index contributed by atoms with van der Waals surface area (Å²) in [5, 5.41) is 9.33. The highest BCUT2D eigenvalue weighted by molar-refractivity contribution is 5.95. The van der Waals surface area contributed by atoms with Gasteiger partial charge in [-0.1, -0.05) is 36.4 Å². The number of methoxy groups -OCH3 is 1. The molecule has 0 saturated heterocycles. The largest absolute Gasteiger partial charge is 0.497 e. The van der Waals surface area contributed by atoms with Crippen molar-refractivity contribution in [3.05, 3.63) is 66.4 Å². The zero-order valence-corrected chi connectivity index (χ0v) is 14.1. The van der Waals surface area contributed by atoms with E-state index in [1.54, 1.807) is 30.3 Å². The number of nitrogens with zero attached hydrogens (tertiary/aromatic N) is 1. The Hall–Kier alpha value is -3.61. The molecule has 0 spiro atoms. The van der Waals surface area contributed by atoms with Gasteiger partial charge >= 0.3 is 5.97 Å². The molecule has 1 heterocycles. The van der Waals surface area contributed by atoms with Crippen molar-refractivity contribution in [2.45, 2.75) is 0 Å². The molecule has 1 amide bonds. The predicted molar refractivity (Wildman–Crippen MR) is 95.9 cm³/mol. The summed E-state index contributed by atoms with van der Waals surface area (Å²) < 4.78 is 10.1. The molecule has 0 radical (unpaired) electrons. The summed E-state index contributed by atoms with van der Waals surface area (Å²) in [6.07, 6.45) is 0. The van der Waals surface area contributed by atoms with Crippen LogP contribution in [0.25, 0.3) is 11.3 Å². The Morgan fingerprint density at radius 2 is 1.88 bits per heavy atom. The number of aromatic nitrogens is 2. The van der Waals surface area contributed by atoms with Crippen molar-refractivity contribution in [2.24, 2.45) is 0 Å². The average Bonchev–Trinajstić information content (AvgIpc) is 3.17. The molecular weight excluding hydrogens is 334 g/mol. The number of esters is 1. The molecule has 1 aromatic heterocycles. The topological polar surface area (TPSA) is 93.3 Å². The summed E-state index contributed by atoms with van der Waals surface area (Å²) in [6, 6.07) is 17.9. The smallest absolute Gasteiger partial charge is 0.356 e. The lowest BCUT2D eigenvalue weighted by Gasteiger charge is -2.07. The van der Waals surface area contributed by atoms with Crippen LogP contribution in [0.5, 0.6) is 5.75 Å². The van der Waals surface area contributed by atoms with Gasteiger partial charge in [-0.25, -0.2) is 4.79 Å². The maximum Gasteiger partial charge on any atom is 0.356 e. The fourth-order valence-corrected chi connectivity index (χ4v) is 2.29. The first-order valence-corrected chi connectivity index (χ1v) is 7.87. The van der Waals surface area contributed by atoms with E-state index in [0.29, 0.717) is 17.1 Å². The lowest BCUT2D eigenvalue weighted by Crippen LogP contribution is -2.21. The van der Waals surface area contributed by atoms with Crippen molar-refractivity contribution in [3.63, 3.8) is 0 Å². The summed E-state index contributed by atoms with van der Waals surface area (Å²) in [6.45, 7) is -0.407. The van der Waals surface area contributed by atoms with Crippen molar-refractivity contribution in [1.82, 2.24) is 10.2 Å². The minimum absolute atomic E-state index is 0.179. The van der Waals surface area contributed by atoms with E-state index in [4.69, 9.17) is 9.47 Å². The molecule has 2 N–H and O–H groups in total. The van der Waals surface area contributed by atoms with Crippen LogP contribution < -0.4 is 10.1 Å². The minimum Gasteiger partial charge on any atom is -0.497 e.